The van der Waals surface area contributed by atoms with E-state index < -0.39 is 30.4 Å². The number of amides is 1. The maximum absolute atomic E-state index is 12.4. The third kappa shape index (κ3) is 7.56. The number of hydrogen-bond acceptors (Lipinski definition) is 3. The summed E-state index contributed by atoms with van der Waals surface area (Å²) in [5.41, 5.74) is 5.03. The number of carboxylic acids is 1. The summed E-state index contributed by atoms with van der Waals surface area (Å²) in [4.78, 5) is 21.2. The molecule has 0 rings (SSSR count). The van der Waals surface area contributed by atoms with Gasteiger partial charge in [0.2, 0.25) is 5.91 Å². The molecule has 4 N–H and O–H groups in total. The predicted octanol–water partition coefficient (Wildman–Crippen LogP) is 0.495. The van der Waals surface area contributed by atoms with Crippen molar-refractivity contribution in [1.29, 1.82) is 0 Å². The Hall–Kier alpha value is -1.31. The molecule has 0 saturated heterocycles. The molecule has 0 heterocycles. The fraction of sp³-hybridized carbons (Fsp3) is 0.778. The Kier molecular flexibility index (Phi) is 6.55. The van der Waals surface area contributed by atoms with Crippen molar-refractivity contribution in [2.75, 3.05) is 13.1 Å². The first kappa shape index (κ1) is 15.7. The van der Waals surface area contributed by atoms with Crippen molar-refractivity contribution in [3.05, 3.63) is 0 Å². The molecule has 0 aliphatic heterocycles. The zero-order chi connectivity index (χ0) is 13.5. The second kappa shape index (κ2) is 7.10. The van der Waals surface area contributed by atoms with Crippen LogP contribution in [0.15, 0.2) is 0 Å². The van der Waals surface area contributed by atoms with E-state index in [1.54, 1.807) is 0 Å². The molecule has 5 nitrogen and oxygen atoms in total. The first-order valence-corrected chi connectivity index (χ1v) is 5.02. The zero-order valence-corrected chi connectivity index (χ0v) is 9.09. The first-order chi connectivity index (χ1) is 7.77. The van der Waals surface area contributed by atoms with Crippen LogP contribution in [-0.2, 0) is 9.59 Å². The lowest BCUT2D eigenvalue weighted by Gasteiger charge is -2.18. The Balaban J connectivity index is 4.09. The SMILES string of the molecule is NCCC(CC(=O)NCCC(=O)O)C(F)(F)F. The number of carbonyl (C=O) groups is 2. The van der Waals surface area contributed by atoms with E-state index in [4.69, 9.17) is 10.8 Å². The number of rotatable bonds is 7. The fourth-order valence-electron chi connectivity index (χ4n) is 1.19. The molecule has 17 heavy (non-hydrogen) atoms. The molecule has 0 saturated carbocycles. The molecule has 0 aromatic carbocycles. The van der Waals surface area contributed by atoms with Crippen LogP contribution in [0.25, 0.3) is 0 Å². The molecule has 8 heteroatoms. The van der Waals surface area contributed by atoms with Crippen molar-refractivity contribution >= 4 is 11.9 Å². The van der Waals surface area contributed by atoms with Crippen molar-refractivity contribution < 1.29 is 27.9 Å². The molecule has 1 atom stereocenters. The van der Waals surface area contributed by atoms with E-state index in [1.165, 1.54) is 0 Å². The van der Waals surface area contributed by atoms with E-state index in [0.29, 0.717) is 0 Å². The van der Waals surface area contributed by atoms with Crippen LogP contribution < -0.4 is 11.1 Å². The summed E-state index contributed by atoms with van der Waals surface area (Å²) in [5, 5.41) is 10.4. The van der Waals surface area contributed by atoms with Gasteiger partial charge in [-0.05, 0) is 13.0 Å². The Morgan fingerprint density at radius 1 is 1.35 bits per heavy atom. The highest BCUT2D eigenvalue weighted by molar-refractivity contribution is 5.77. The van der Waals surface area contributed by atoms with Crippen LogP contribution in [0.3, 0.4) is 0 Å². The minimum Gasteiger partial charge on any atom is -0.481 e. The average Bonchev–Trinajstić information content (AvgIpc) is 2.15. The van der Waals surface area contributed by atoms with E-state index in [2.05, 4.69) is 5.32 Å². The van der Waals surface area contributed by atoms with Gasteiger partial charge in [0.1, 0.15) is 0 Å². The highest BCUT2D eigenvalue weighted by Crippen LogP contribution is 2.30. The van der Waals surface area contributed by atoms with Crippen LogP contribution in [0.1, 0.15) is 19.3 Å². The summed E-state index contributed by atoms with van der Waals surface area (Å²) in [6, 6.07) is 0. The standard InChI is InChI=1S/C9H15F3N2O3/c10-9(11,12)6(1-3-13)5-7(15)14-4-2-8(16)17/h6H,1-5,13H2,(H,14,15)(H,16,17). The Bertz CT molecular complexity index is 269. The molecule has 0 fully saturated rings. The van der Waals surface area contributed by atoms with Gasteiger partial charge in [0.05, 0.1) is 12.3 Å². The minimum absolute atomic E-state index is 0.160. The van der Waals surface area contributed by atoms with Crippen molar-refractivity contribution in [3.8, 4) is 0 Å². The molecule has 1 unspecified atom stereocenters. The molecule has 100 valence electrons. The topological polar surface area (TPSA) is 92.4 Å². The number of carbonyl (C=O) groups excluding carboxylic acids is 1. The van der Waals surface area contributed by atoms with Gasteiger partial charge in [0.15, 0.2) is 0 Å². The third-order valence-corrected chi connectivity index (χ3v) is 2.07. The van der Waals surface area contributed by atoms with Crippen LogP contribution in [0, 0.1) is 5.92 Å². The molecule has 0 aliphatic carbocycles. The van der Waals surface area contributed by atoms with Crippen LogP contribution in [0.2, 0.25) is 0 Å². The molecular weight excluding hydrogens is 241 g/mol. The van der Waals surface area contributed by atoms with E-state index >= 15 is 0 Å². The first-order valence-electron chi connectivity index (χ1n) is 5.02. The van der Waals surface area contributed by atoms with Gasteiger partial charge in [-0.2, -0.15) is 13.2 Å². The summed E-state index contributed by atoms with van der Waals surface area (Å²) in [6.45, 7) is -0.339. The van der Waals surface area contributed by atoms with E-state index in [0.717, 1.165) is 0 Å². The highest BCUT2D eigenvalue weighted by Gasteiger charge is 2.39. The molecular formula is C9H15F3N2O3. The summed E-state index contributed by atoms with van der Waals surface area (Å²) in [6.07, 6.45) is -5.83. The summed E-state index contributed by atoms with van der Waals surface area (Å²) in [5.74, 6) is -3.72. The lowest BCUT2D eigenvalue weighted by Crippen LogP contribution is -2.33. The van der Waals surface area contributed by atoms with Gasteiger partial charge in [-0.3, -0.25) is 9.59 Å². The van der Waals surface area contributed by atoms with Crippen LogP contribution in [0.5, 0.6) is 0 Å². The quantitative estimate of drug-likeness (QED) is 0.618. The Morgan fingerprint density at radius 3 is 2.35 bits per heavy atom. The van der Waals surface area contributed by atoms with Crippen molar-refractivity contribution in [2.45, 2.75) is 25.4 Å². The average molecular weight is 256 g/mol. The number of alkyl halides is 3. The molecule has 0 bridgehead atoms. The molecule has 0 aliphatic rings. The molecule has 1 amide bonds. The minimum atomic E-state index is -4.47. The number of halogens is 3. The third-order valence-electron chi connectivity index (χ3n) is 2.07. The van der Waals surface area contributed by atoms with E-state index in [1.807, 2.05) is 0 Å². The number of nitrogens with one attached hydrogen (secondary N) is 1. The molecule has 0 spiro atoms. The van der Waals surface area contributed by atoms with E-state index in [9.17, 15) is 22.8 Å². The van der Waals surface area contributed by atoms with Crippen LogP contribution in [0.4, 0.5) is 13.2 Å². The second-order valence-corrected chi connectivity index (χ2v) is 3.51. The van der Waals surface area contributed by atoms with Gasteiger partial charge in [-0.25, -0.2) is 0 Å². The molecule has 0 radical (unpaired) electrons. The largest absolute Gasteiger partial charge is 0.481 e. The summed E-state index contributed by atoms with van der Waals surface area (Å²) in [7, 11) is 0. The smallest absolute Gasteiger partial charge is 0.392 e. The van der Waals surface area contributed by atoms with Gasteiger partial charge in [0.25, 0.3) is 0 Å². The zero-order valence-electron chi connectivity index (χ0n) is 9.09. The summed E-state index contributed by atoms with van der Waals surface area (Å²) < 4.78 is 37.2. The maximum atomic E-state index is 12.4. The molecule has 0 aromatic rings. The monoisotopic (exact) mass is 256 g/mol. The number of hydrogen-bond donors (Lipinski definition) is 3. The predicted molar refractivity (Wildman–Crippen MR) is 53.1 cm³/mol. The Labute approximate surface area is 96.2 Å². The second-order valence-electron chi connectivity index (χ2n) is 3.51. The molecule has 0 aromatic heterocycles. The van der Waals surface area contributed by atoms with E-state index in [-0.39, 0.29) is 25.9 Å². The number of carboxylic acid groups (broad SMARTS) is 1. The van der Waals surface area contributed by atoms with Crippen molar-refractivity contribution in [2.24, 2.45) is 11.7 Å². The highest BCUT2D eigenvalue weighted by atomic mass is 19.4. The van der Waals surface area contributed by atoms with Crippen molar-refractivity contribution in [3.63, 3.8) is 0 Å². The van der Waals surface area contributed by atoms with Gasteiger partial charge in [-0.1, -0.05) is 0 Å². The fourth-order valence-corrected chi connectivity index (χ4v) is 1.19. The maximum Gasteiger partial charge on any atom is 0.392 e. The van der Waals surface area contributed by atoms with Gasteiger partial charge in [0, 0.05) is 13.0 Å². The lowest BCUT2D eigenvalue weighted by atomic mass is 10.0. The Morgan fingerprint density at radius 2 is 1.94 bits per heavy atom. The lowest BCUT2D eigenvalue weighted by molar-refractivity contribution is -0.180. The van der Waals surface area contributed by atoms with Crippen LogP contribution >= 0.6 is 0 Å². The van der Waals surface area contributed by atoms with Gasteiger partial charge in [-0.15, -0.1) is 0 Å². The van der Waals surface area contributed by atoms with Crippen molar-refractivity contribution in [1.82, 2.24) is 5.32 Å². The normalized spacial score (nSPS) is 13.2. The van der Waals surface area contributed by atoms with Gasteiger partial charge >= 0.3 is 12.1 Å². The number of nitrogens with two attached hydrogens (primary N) is 1. The van der Waals surface area contributed by atoms with Gasteiger partial charge < -0.3 is 16.2 Å². The van der Waals surface area contributed by atoms with Crippen LogP contribution in [-0.4, -0.2) is 36.2 Å². The number of aliphatic carboxylic acids is 1. The summed E-state index contributed by atoms with van der Waals surface area (Å²) >= 11 is 0.